The SMILES string of the molecule is CC1CC(C(=O)O)(N2CCCCCC2)C1. The van der Waals surface area contributed by atoms with Crippen LogP contribution < -0.4 is 0 Å². The summed E-state index contributed by atoms with van der Waals surface area (Å²) >= 11 is 0. The number of hydrogen-bond donors (Lipinski definition) is 1. The van der Waals surface area contributed by atoms with Gasteiger partial charge in [-0.15, -0.1) is 0 Å². The van der Waals surface area contributed by atoms with Crippen molar-refractivity contribution < 1.29 is 9.90 Å². The van der Waals surface area contributed by atoms with Crippen molar-refractivity contribution in [1.82, 2.24) is 4.90 Å². The molecule has 0 atom stereocenters. The van der Waals surface area contributed by atoms with Crippen LogP contribution in [0.25, 0.3) is 0 Å². The summed E-state index contributed by atoms with van der Waals surface area (Å²) in [6, 6.07) is 0. The molecule has 1 heterocycles. The Bertz CT molecular complexity index is 238. The molecule has 2 rings (SSSR count). The number of hydrogen-bond acceptors (Lipinski definition) is 2. The van der Waals surface area contributed by atoms with E-state index in [1.54, 1.807) is 0 Å². The maximum Gasteiger partial charge on any atom is 0.324 e. The molecule has 0 bridgehead atoms. The highest BCUT2D eigenvalue weighted by Gasteiger charge is 2.52. The van der Waals surface area contributed by atoms with E-state index in [1.807, 2.05) is 0 Å². The second kappa shape index (κ2) is 4.12. The summed E-state index contributed by atoms with van der Waals surface area (Å²) in [5.74, 6) is -0.00754. The van der Waals surface area contributed by atoms with Crippen LogP contribution >= 0.6 is 0 Å². The Balaban J connectivity index is 2.07. The van der Waals surface area contributed by atoms with Crippen LogP contribution in [0.15, 0.2) is 0 Å². The summed E-state index contributed by atoms with van der Waals surface area (Å²) < 4.78 is 0. The highest BCUT2D eigenvalue weighted by atomic mass is 16.4. The van der Waals surface area contributed by atoms with E-state index in [9.17, 15) is 9.90 Å². The molecule has 2 fully saturated rings. The summed E-state index contributed by atoms with van der Waals surface area (Å²) in [6.07, 6.45) is 6.57. The second-order valence-corrected chi connectivity index (χ2v) is 5.25. The first-order valence-corrected chi connectivity index (χ1v) is 6.13. The highest BCUT2D eigenvalue weighted by molar-refractivity contribution is 5.80. The molecule has 1 aliphatic carbocycles. The molecule has 0 aromatic heterocycles. The van der Waals surface area contributed by atoms with Crippen LogP contribution in [0.5, 0.6) is 0 Å². The molecule has 1 N–H and O–H groups in total. The van der Waals surface area contributed by atoms with Crippen LogP contribution in [0.3, 0.4) is 0 Å². The molecule has 1 aliphatic heterocycles. The van der Waals surface area contributed by atoms with Gasteiger partial charge in [-0.1, -0.05) is 19.8 Å². The predicted octanol–water partition coefficient (Wildman–Crippen LogP) is 2.12. The molecule has 2 aliphatic rings. The first kappa shape index (κ1) is 10.9. The van der Waals surface area contributed by atoms with Crippen molar-refractivity contribution in [3.05, 3.63) is 0 Å². The Hall–Kier alpha value is -0.570. The van der Waals surface area contributed by atoms with E-state index in [1.165, 1.54) is 25.7 Å². The molecule has 0 aromatic carbocycles. The minimum absolute atomic E-state index is 0.496. The quantitative estimate of drug-likeness (QED) is 0.760. The molecule has 86 valence electrons. The average Bonchev–Trinajstić information content (AvgIpc) is 2.40. The molecule has 0 unspecified atom stereocenters. The number of nitrogens with zero attached hydrogens (tertiary/aromatic N) is 1. The topological polar surface area (TPSA) is 40.5 Å². The van der Waals surface area contributed by atoms with Crippen molar-refractivity contribution in [2.75, 3.05) is 13.1 Å². The van der Waals surface area contributed by atoms with Crippen LogP contribution in [-0.2, 0) is 4.79 Å². The van der Waals surface area contributed by atoms with Crippen molar-refractivity contribution >= 4 is 5.97 Å². The average molecular weight is 211 g/mol. The molecule has 0 aromatic rings. The van der Waals surface area contributed by atoms with Gasteiger partial charge < -0.3 is 5.11 Å². The van der Waals surface area contributed by atoms with Crippen LogP contribution in [0.4, 0.5) is 0 Å². The number of carboxylic acids is 1. The predicted molar refractivity (Wildman–Crippen MR) is 58.8 cm³/mol. The second-order valence-electron chi connectivity index (χ2n) is 5.25. The summed E-state index contributed by atoms with van der Waals surface area (Å²) in [7, 11) is 0. The van der Waals surface area contributed by atoms with E-state index >= 15 is 0 Å². The molecule has 0 amide bonds. The zero-order chi connectivity index (χ0) is 10.9. The Morgan fingerprint density at radius 3 is 2.13 bits per heavy atom. The lowest BCUT2D eigenvalue weighted by molar-refractivity contribution is -0.162. The van der Waals surface area contributed by atoms with Gasteiger partial charge >= 0.3 is 5.97 Å². The van der Waals surface area contributed by atoms with Crippen molar-refractivity contribution in [3.63, 3.8) is 0 Å². The Morgan fingerprint density at radius 2 is 1.73 bits per heavy atom. The normalized spacial score (nSPS) is 38.1. The van der Waals surface area contributed by atoms with E-state index in [0.29, 0.717) is 5.92 Å². The summed E-state index contributed by atoms with van der Waals surface area (Å²) in [6.45, 7) is 4.12. The van der Waals surface area contributed by atoms with Gasteiger partial charge in [0.05, 0.1) is 0 Å². The summed E-state index contributed by atoms with van der Waals surface area (Å²) in [5, 5.41) is 9.40. The van der Waals surface area contributed by atoms with Crippen LogP contribution in [0, 0.1) is 5.92 Å². The molecule has 1 saturated heterocycles. The molecule has 0 radical (unpaired) electrons. The Kier molecular flexibility index (Phi) is 3.01. The fraction of sp³-hybridized carbons (Fsp3) is 0.917. The number of aliphatic carboxylic acids is 1. The zero-order valence-electron chi connectivity index (χ0n) is 9.54. The standard InChI is InChI=1S/C12H21NO2/c1-10-8-12(9-10,11(14)15)13-6-4-2-3-5-7-13/h10H,2-9H2,1H3,(H,14,15). The fourth-order valence-corrected chi connectivity index (χ4v) is 3.16. The van der Waals surface area contributed by atoms with Crippen molar-refractivity contribution in [2.45, 2.75) is 51.0 Å². The van der Waals surface area contributed by atoms with E-state index in [4.69, 9.17) is 0 Å². The smallest absolute Gasteiger partial charge is 0.324 e. The van der Waals surface area contributed by atoms with Crippen LogP contribution in [0.2, 0.25) is 0 Å². The van der Waals surface area contributed by atoms with Gasteiger partial charge in [0.2, 0.25) is 0 Å². The lowest BCUT2D eigenvalue weighted by Gasteiger charge is -2.50. The summed E-state index contributed by atoms with van der Waals surface area (Å²) in [4.78, 5) is 13.7. The Morgan fingerprint density at radius 1 is 1.20 bits per heavy atom. The molecule has 15 heavy (non-hydrogen) atoms. The van der Waals surface area contributed by atoms with Crippen molar-refractivity contribution in [2.24, 2.45) is 5.92 Å². The Labute approximate surface area is 91.5 Å². The fourth-order valence-electron chi connectivity index (χ4n) is 3.16. The van der Waals surface area contributed by atoms with Gasteiger partial charge in [0.25, 0.3) is 0 Å². The first-order chi connectivity index (χ1) is 7.15. The van der Waals surface area contributed by atoms with Gasteiger partial charge in [-0.2, -0.15) is 0 Å². The molecular weight excluding hydrogens is 190 g/mol. The lowest BCUT2D eigenvalue weighted by atomic mass is 9.68. The minimum Gasteiger partial charge on any atom is -0.480 e. The van der Waals surface area contributed by atoms with Gasteiger partial charge in [0.1, 0.15) is 5.54 Å². The third-order valence-electron chi connectivity index (χ3n) is 3.98. The number of carbonyl (C=O) groups is 1. The van der Waals surface area contributed by atoms with Gasteiger partial charge in [-0.3, -0.25) is 9.69 Å². The van der Waals surface area contributed by atoms with Gasteiger partial charge in [0, 0.05) is 0 Å². The molecular formula is C12H21NO2. The van der Waals surface area contributed by atoms with Crippen molar-refractivity contribution in [1.29, 1.82) is 0 Å². The molecule has 3 nitrogen and oxygen atoms in total. The van der Waals surface area contributed by atoms with Crippen LogP contribution in [-0.4, -0.2) is 34.6 Å². The monoisotopic (exact) mass is 211 g/mol. The van der Waals surface area contributed by atoms with Gasteiger partial charge in [0.15, 0.2) is 0 Å². The number of carboxylic acid groups (broad SMARTS) is 1. The minimum atomic E-state index is -0.595. The highest BCUT2D eigenvalue weighted by Crippen LogP contribution is 2.43. The number of likely N-dealkylation sites (tertiary alicyclic amines) is 1. The van der Waals surface area contributed by atoms with Gasteiger partial charge in [-0.05, 0) is 44.7 Å². The maximum absolute atomic E-state index is 11.4. The molecule has 3 heteroatoms. The van der Waals surface area contributed by atoms with Gasteiger partial charge in [-0.25, -0.2) is 0 Å². The van der Waals surface area contributed by atoms with E-state index < -0.39 is 11.5 Å². The third-order valence-corrected chi connectivity index (χ3v) is 3.98. The summed E-state index contributed by atoms with van der Waals surface area (Å²) in [5.41, 5.74) is -0.496. The van der Waals surface area contributed by atoms with Crippen LogP contribution in [0.1, 0.15) is 45.4 Å². The molecule has 0 spiro atoms. The maximum atomic E-state index is 11.4. The first-order valence-electron chi connectivity index (χ1n) is 6.13. The molecule has 1 saturated carbocycles. The van der Waals surface area contributed by atoms with E-state index in [-0.39, 0.29) is 0 Å². The van der Waals surface area contributed by atoms with Crippen molar-refractivity contribution in [3.8, 4) is 0 Å². The lowest BCUT2D eigenvalue weighted by Crippen LogP contribution is -2.62. The zero-order valence-corrected chi connectivity index (χ0v) is 9.54. The third kappa shape index (κ3) is 1.89. The van der Waals surface area contributed by atoms with E-state index in [0.717, 1.165) is 25.9 Å². The largest absolute Gasteiger partial charge is 0.480 e. The number of rotatable bonds is 2. The van der Waals surface area contributed by atoms with E-state index in [2.05, 4.69) is 11.8 Å².